The zero-order valence-corrected chi connectivity index (χ0v) is 9.74. The van der Waals surface area contributed by atoms with Crippen molar-refractivity contribution in [2.75, 3.05) is 18.3 Å². The summed E-state index contributed by atoms with van der Waals surface area (Å²) in [6.45, 7) is 4.17. The Balaban J connectivity index is 2.71. The van der Waals surface area contributed by atoms with E-state index in [0.29, 0.717) is 18.9 Å². The number of anilines is 1. The van der Waals surface area contributed by atoms with Crippen molar-refractivity contribution in [2.24, 2.45) is 0 Å². The van der Waals surface area contributed by atoms with Gasteiger partial charge in [0, 0.05) is 6.20 Å². The Kier molecular flexibility index (Phi) is 4.75. The first-order valence-electron chi connectivity index (χ1n) is 4.77. The van der Waals surface area contributed by atoms with Crippen molar-refractivity contribution in [1.29, 1.82) is 0 Å². The van der Waals surface area contributed by atoms with Crippen LogP contribution >= 0.6 is 7.75 Å². The molecule has 1 aromatic heterocycles. The van der Waals surface area contributed by atoms with Gasteiger partial charge in [0.25, 0.3) is 0 Å². The normalized spacial score (nSPS) is 11.3. The van der Waals surface area contributed by atoms with E-state index in [4.69, 9.17) is 9.05 Å². The first-order chi connectivity index (χ1) is 7.20. The van der Waals surface area contributed by atoms with Gasteiger partial charge in [-0.3, -0.25) is 19.1 Å². The highest BCUT2D eigenvalue weighted by Gasteiger charge is 2.23. The van der Waals surface area contributed by atoms with E-state index in [1.54, 1.807) is 38.4 Å². The third-order valence-corrected chi connectivity index (χ3v) is 3.25. The molecule has 0 aliphatic carbocycles. The molecule has 84 valence electrons. The van der Waals surface area contributed by atoms with Gasteiger partial charge in [0.15, 0.2) is 0 Å². The van der Waals surface area contributed by atoms with Crippen molar-refractivity contribution in [1.82, 2.24) is 4.98 Å². The summed E-state index contributed by atoms with van der Waals surface area (Å²) in [5, 5.41) is 2.71. The second-order valence-corrected chi connectivity index (χ2v) is 4.42. The lowest BCUT2D eigenvalue weighted by atomic mass is 10.4. The van der Waals surface area contributed by atoms with Crippen LogP contribution in [0, 0.1) is 0 Å². The summed E-state index contributed by atoms with van der Waals surface area (Å²) >= 11 is 0. The van der Waals surface area contributed by atoms with Crippen molar-refractivity contribution in [3.05, 3.63) is 24.5 Å². The summed E-state index contributed by atoms with van der Waals surface area (Å²) in [5.74, 6) is 0. The second kappa shape index (κ2) is 5.85. The molecule has 0 saturated carbocycles. The SMILES string of the molecule is CCOP(=O)(Nc1cccnc1)OCC. The Morgan fingerprint density at radius 2 is 2.07 bits per heavy atom. The largest absolute Gasteiger partial charge is 0.432 e. The number of rotatable bonds is 6. The molecule has 6 heteroatoms. The summed E-state index contributed by atoms with van der Waals surface area (Å²) in [7, 11) is -3.23. The highest BCUT2D eigenvalue weighted by atomic mass is 31.2. The molecule has 0 amide bonds. The molecule has 1 heterocycles. The van der Waals surface area contributed by atoms with Crippen LogP contribution in [-0.4, -0.2) is 18.2 Å². The Bertz CT molecular complexity index is 321. The van der Waals surface area contributed by atoms with Gasteiger partial charge >= 0.3 is 7.75 Å². The van der Waals surface area contributed by atoms with E-state index in [-0.39, 0.29) is 0 Å². The molecule has 0 spiro atoms. The number of pyridine rings is 1. The maximum absolute atomic E-state index is 12.0. The number of aromatic nitrogens is 1. The topological polar surface area (TPSA) is 60.5 Å². The monoisotopic (exact) mass is 230 g/mol. The average Bonchev–Trinajstić information content (AvgIpc) is 2.19. The molecule has 5 nitrogen and oxygen atoms in total. The van der Waals surface area contributed by atoms with Gasteiger partial charge in [-0.15, -0.1) is 0 Å². The molecule has 0 atom stereocenters. The lowest BCUT2D eigenvalue weighted by Gasteiger charge is -2.18. The standard InChI is InChI=1S/C9H15N2O3P/c1-3-13-15(12,14-4-2)11-9-6-5-7-10-8-9/h5-8H,3-4H2,1-2H3,(H,11,12). The molecule has 0 radical (unpaired) electrons. The van der Waals surface area contributed by atoms with Gasteiger partial charge in [-0.05, 0) is 26.0 Å². The zero-order valence-electron chi connectivity index (χ0n) is 8.84. The van der Waals surface area contributed by atoms with E-state index in [9.17, 15) is 4.57 Å². The lowest BCUT2D eigenvalue weighted by molar-refractivity contribution is 0.225. The summed E-state index contributed by atoms with van der Waals surface area (Å²) in [5.41, 5.74) is 0.614. The average molecular weight is 230 g/mol. The minimum Gasteiger partial charge on any atom is -0.293 e. The second-order valence-electron chi connectivity index (χ2n) is 2.69. The van der Waals surface area contributed by atoms with Gasteiger partial charge in [-0.25, -0.2) is 4.57 Å². The van der Waals surface area contributed by atoms with Gasteiger partial charge in [-0.2, -0.15) is 0 Å². The lowest BCUT2D eigenvalue weighted by Crippen LogP contribution is -2.04. The fourth-order valence-electron chi connectivity index (χ4n) is 1.03. The molecule has 0 aliphatic heterocycles. The minimum absolute atomic E-state index is 0.324. The fraction of sp³-hybridized carbons (Fsp3) is 0.444. The number of hydrogen-bond acceptors (Lipinski definition) is 4. The molecule has 15 heavy (non-hydrogen) atoms. The van der Waals surface area contributed by atoms with E-state index in [0.717, 1.165) is 0 Å². The molecule has 0 fully saturated rings. The first kappa shape index (κ1) is 12.2. The third-order valence-electron chi connectivity index (χ3n) is 1.53. The Morgan fingerprint density at radius 1 is 1.40 bits per heavy atom. The van der Waals surface area contributed by atoms with E-state index in [1.807, 2.05) is 0 Å². The van der Waals surface area contributed by atoms with Crippen molar-refractivity contribution in [3.8, 4) is 0 Å². The van der Waals surface area contributed by atoms with Crippen LogP contribution in [0.1, 0.15) is 13.8 Å². The maximum atomic E-state index is 12.0. The molecule has 0 saturated heterocycles. The van der Waals surface area contributed by atoms with E-state index >= 15 is 0 Å². The van der Waals surface area contributed by atoms with E-state index in [2.05, 4.69) is 10.1 Å². The third kappa shape index (κ3) is 4.00. The fourth-order valence-corrected chi connectivity index (χ4v) is 2.36. The van der Waals surface area contributed by atoms with Crippen molar-refractivity contribution < 1.29 is 13.6 Å². The Hall–Kier alpha value is -0.900. The first-order valence-corrected chi connectivity index (χ1v) is 6.32. The predicted octanol–water partition coefficient (Wildman–Crippen LogP) is 2.67. The van der Waals surface area contributed by atoms with Crippen LogP contribution in [-0.2, 0) is 13.6 Å². The van der Waals surface area contributed by atoms with Crippen molar-refractivity contribution >= 4 is 13.4 Å². The Labute approximate surface area is 89.4 Å². The smallest absolute Gasteiger partial charge is 0.293 e. The molecule has 0 bridgehead atoms. The van der Waals surface area contributed by atoms with Crippen molar-refractivity contribution in [2.45, 2.75) is 13.8 Å². The van der Waals surface area contributed by atoms with Crippen LogP contribution in [0.4, 0.5) is 5.69 Å². The van der Waals surface area contributed by atoms with Gasteiger partial charge in [0.05, 0.1) is 25.1 Å². The molecule has 1 rings (SSSR count). The van der Waals surface area contributed by atoms with Crippen molar-refractivity contribution in [3.63, 3.8) is 0 Å². The van der Waals surface area contributed by atoms with Gasteiger partial charge < -0.3 is 0 Å². The molecule has 0 aliphatic rings. The quantitative estimate of drug-likeness (QED) is 0.761. The van der Waals surface area contributed by atoms with Crippen LogP contribution in [0.3, 0.4) is 0 Å². The molecule has 0 unspecified atom stereocenters. The van der Waals surface area contributed by atoms with E-state index < -0.39 is 7.75 Å². The summed E-state index contributed by atoms with van der Waals surface area (Å²) in [6, 6.07) is 3.49. The molecular formula is C9H15N2O3P. The number of nitrogens with one attached hydrogen (secondary N) is 1. The highest BCUT2D eigenvalue weighted by molar-refractivity contribution is 7.55. The molecule has 0 aromatic carbocycles. The molecule has 1 aromatic rings. The van der Waals surface area contributed by atoms with Gasteiger partial charge in [-0.1, -0.05) is 0 Å². The number of nitrogens with zero attached hydrogens (tertiary/aromatic N) is 1. The van der Waals surface area contributed by atoms with Crippen LogP contribution < -0.4 is 5.09 Å². The number of hydrogen-bond donors (Lipinski definition) is 1. The minimum atomic E-state index is -3.23. The summed E-state index contributed by atoms with van der Waals surface area (Å²) < 4.78 is 22.1. The summed E-state index contributed by atoms with van der Waals surface area (Å²) in [6.07, 6.45) is 3.20. The molecular weight excluding hydrogens is 215 g/mol. The predicted molar refractivity (Wildman–Crippen MR) is 58.7 cm³/mol. The van der Waals surface area contributed by atoms with E-state index in [1.165, 1.54) is 0 Å². The summed E-state index contributed by atoms with van der Waals surface area (Å²) in [4.78, 5) is 3.89. The van der Waals surface area contributed by atoms with Gasteiger partial charge in [0.1, 0.15) is 0 Å². The maximum Gasteiger partial charge on any atom is 0.432 e. The van der Waals surface area contributed by atoms with Crippen LogP contribution in [0.2, 0.25) is 0 Å². The Morgan fingerprint density at radius 3 is 2.53 bits per heavy atom. The van der Waals surface area contributed by atoms with Crippen LogP contribution in [0.15, 0.2) is 24.5 Å². The van der Waals surface area contributed by atoms with Gasteiger partial charge in [0.2, 0.25) is 0 Å². The molecule has 1 N–H and O–H groups in total. The highest BCUT2D eigenvalue weighted by Crippen LogP contribution is 2.47. The van der Waals surface area contributed by atoms with Crippen LogP contribution in [0.25, 0.3) is 0 Å². The van der Waals surface area contributed by atoms with Crippen LogP contribution in [0.5, 0.6) is 0 Å². The zero-order chi connectivity index (χ0) is 11.1.